The Morgan fingerprint density at radius 3 is 2.26 bits per heavy atom. The Hall–Kier alpha value is -2.77. The molecule has 22 heteroatoms. The molecule has 0 saturated carbocycles. The summed E-state index contributed by atoms with van der Waals surface area (Å²) in [5.41, 5.74) is 5.86. The van der Waals surface area contributed by atoms with Crippen LogP contribution in [0.25, 0.3) is 11.2 Å². The highest BCUT2D eigenvalue weighted by Crippen LogP contribution is 2.51. The lowest BCUT2D eigenvalue weighted by Crippen LogP contribution is -2.45. The lowest BCUT2D eigenvalue weighted by molar-refractivity contribution is -0.244. The first-order valence-electron chi connectivity index (χ1n) is 12.2. The van der Waals surface area contributed by atoms with E-state index in [9.17, 15) is 28.5 Å². The van der Waals surface area contributed by atoms with Gasteiger partial charge in [-0.25, -0.2) is 23.7 Å². The fourth-order valence-corrected chi connectivity index (χ4v) is 6.88. The van der Waals surface area contributed by atoms with Crippen LogP contribution in [-0.4, -0.2) is 87.4 Å². The van der Waals surface area contributed by atoms with Crippen molar-refractivity contribution < 1.29 is 64.9 Å². The van der Waals surface area contributed by atoms with Crippen molar-refractivity contribution in [2.24, 2.45) is 5.92 Å². The molecule has 11 atom stereocenters. The highest BCUT2D eigenvalue weighted by atomic mass is 31.2. The summed E-state index contributed by atoms with van der Waals surface area (Å²) < 4.78 is 88.2. The Morgan fingerprint density at radius 1 is 0.952 bits per heavy atom. The number of nitrogens with two attached hydrogens (primary N) is 1. The van der Waals surface area contributed by atoms with Gasteiger partial charge in [0.25, 0.3) is 15.6 Å². The van der Waals surface area contributed by atoms with E-state index in [0.29, 0.717) is 0 Å². The number of anilines is 1. The highest BCUT2D eigenvalue weighted by Gasteiger charge is 2.54. The van der Waals surface area contributed by atoms with Gasteiger partial charge in [0.1, 0.15) is 42.4 Å². The number of nitrogen functional groups attached to an aromatic ring is 1. The lowest BCUT2D eigenvalue weighted by Gasteiger charge is -2.34. The van der Waals surface area contributed by atoms with E-state index in [-0.39, 0.29) is 17.0 Å². The molecule has 2 amide bonds. The predicted molar refractivity (Wildman–Crippen MR) is 125 cm³/mol. The van der Waals surface area contributed by atoms with Gasteiger partial charge in [-0.05, 0) is 0 Å². The Labute approximate surface area is 233 Å². The molecule has 0 radical (unpaired) electrons. The quantitative estimate of drug-likeness (QED) is 0.276. The van der Waals surface area contributed by atoms with Gasteiger partial charge < -0.3 is 43.1 Å². The minimum Gasteiger partial charge on any atom is -0.756 e. The van der Waals surface area contributed by atoms with E-state index in [4.69, 9.17) is 33.3 Å². The Bertz CT molecular complexity index is 1550. The summed E-state index contributed by atoms with van der Waals surface area (Å²) >= 11 is 0. The third-order valence-electron chi connectivity index (χ3n) is 6.91. The minimum atomic E-state index is -5.42. The average Bonchev–Trinajstić information content (AvgIpc) is 3.57. The Balaban J connectivity index is 1.26. The number of halogens is 2. The molecule has 0 aliphatic carbocycles. The summed E-state index contributed by atoms with van der Waals surface area (Å²) in [5.74, 6) is -3.14. The number of fused-ring (bicyclic) bond motifs is 3. The van der Waals surface area contributed by atoms with Gasteiger partial charge in [0, 0.05) is 6.08 Å². The van der Waals surface area contributed by atoms with E-state index in [0.717, 1.165) is 29.4 Å². The lowest BCUT2D eigenvalue weighted by atomic mass is 9.94. The minimum absolute atomic E-state index is 0.0205. The van der Waals surface area contributed by atoms with Crippen LogP contribution < -0.4 is 20.8 Å². The van der Waals surface area contributed by atoms with Crippen LogP contribution >= 0.6 is 15.6 Å². The number of nitrogens with one attached hydrogen (secondary N) is 1. The Morgan fingerprint density at radius 2 is 1.60 bits per heavy atom. The van der Waals surface area contributed by atoms with Crippen molar-refractivity contribution in [1.82, 2.24) is 24.8 Å². The maximum absolute atomic E-state index is 15.7. The van der Waals surface area contributed by atoms with Crippen molar-refractivity contribution in [3.63, 3.8) is 0 Å². The van der Waals surface area contributed by atoms with E-state index in [1.54, 1.807) is 0 Å². The SMILES string of the molecule is Nc1ncnc2c1ncn2[C@@H]1O[C@@H]2COP(=O)([O-])O[C@H]3[C@@H](F)[C@H](C4C=CC(=O)NC4=O)O[C@@H]3COP(=O)([O-])O[C@H]2[C@H]1F. The molecule has 4 aliphatic heterocycles. The zero-order valence-electron chi connectivity index (χ0n) is 20.8. The van der Waals surface area contributed by atoms with Crippen molar-refractivity contribution in [2.45, 2.75) is 49.1 Å². The highest BCUT2D eigenvalue weighted by molar-refractivity contribution is 7.46. The van der Waals surface area contributed by atoms with Crippen LogP contribution in [0, 0.1) is 5.92 Å². The van der Waals surface area contributed by atoms with Crippen LogP contribution in [0.5, 0.6) is 0 Å². The van der Waals surface area contributed by atoms with E-state index >= 15 is 8.78 Å². The number of aromatic nitrogens is 4. The summed E-state index contributed by atoms with van der Waals surface area (Å²) in [5, 5.41) is 1.94. The number of amides is 2. The monoisotopic (exact) mass is 636 g/mol. The van der Waals surface area contributed by atoms with Gasteiger partial charge in [-0.3, -0.25) is 28.6 Å². The van der Waals surface area contributed by atoms with Crippen LogP contribution in [0.3, 0.4) is 0 Å². The number of hydrogen-bond donors (Lipinski definition) is 2. The third kappa shape index (κ3) is 5.39. The van der Waals surface area contributed by atoms with Gasteiger partial charge >= 0.3 is 0 Å². The van der Waals surface area contributed by atoms with Crippen LogP contribution in [0.4, 0.5) is 14.6 Å². The fourth-order valence-electron chi connectivity index (χ4n) is 5.00. The van der Waals surface area contributed by atoms with Crippen molar-refractivity contribution in [2.75, 3.05) is 18.9 Å². The van der Waals surface area contributed by atoms with Crippen LogP contribution in [0.15, 0.2) is 24.8 Å². The number of rotatable bonds is 2. The molecule has 2 aromatic heterocycles. The molecule has 6 heterocycles. The number of alkyl halides is 2. The van der Waals surface area contributed by atoms with Gasteiger partial charge in [0.15, 0.2) is 30.0 Å². The molecule has 3 fully saturated rings. The van der Waals surface area contributed by atoms with Crippen LogP contribution in [0.1, 0.15) is 6.23 Å². The zero-order valence-corrected chi connectivity index (χ0v) is 22.6. The first-order chi connectivity index (χ1) is 19.8. The molecule has 3 unspecified atom stereocenters. The third-order valence-corrected chi connectivity index (χ3v) is 8.84. The van der Waals surface area contributed by atoms with Crippen molar-refractivity contribution in [1.29, 1.82) is 0 Å². The molecule has 0 bridgehead atoms. The first kappa shape index (κ1) is 29.3. The molecule has 228 valence electrons. The zero-order chi connectivity index (χ0) is 30.0. The number of phosphoric ester groups is 2. The average molecular weight is 636 g/mol. The van der Waals surface area contributed by atoms with Gasteiger partial charge in [-0.2, -0.15) is 0 Å². The van der Waals surface area contributed by atoms with E-state index in [1.165, 1.54) is 0 Å². The van der Waals surface area contributed by atoms with Crippen molar-refractivity contribution >= 4 is 44.4 Å². The van der Waals surface area contributed by atoms with Gasteiger partial charge in [-0.1, -0.05) is 6.08 Å². The standard InChI is InChI=1S/C20H22F2N6O12P2/c21-11-14(7-1-2-10(29)27-19(7)30)37-8-3-35-42(33,34)40-16-9(4-36-41(31,32)39-15(8)11)38-20(12(16)22)28-6-26-13-17(23)24-5-25-18(13)28/h1-2,5-9,11-12,14-16,20H,3-4H2,(H,31,32)(H,33,34)(H2,23,24,25)(H,27,29,30)/p-2/t7?,8-,9-,11+,12-,14+,15-,16-,20-/m1/s1. The molecule has 0 aromatic carbocycles. The second-order valence-corrected chi connectivity index (χ2v) is 12.3. The van der Waals surface area contributed by atoms with Crippen molar-refractivity contribution in [3.8, 4) is 0 Å². The number of nitrogens with zero attached hydrogens (tertiary/aromatic N) is 4. The van der Waals surface area contributed by atoms with Gasteiger partial charge in [0.2, 0.25) is 11.8 Å². The second kappa shape index (κ2) is 10.7. The molecule has 6 rings (SSSR count). The number of phosphoric acid groups is 2. The number of carbonyl (C=O) groups is 2. The number of carbonyl (C=O) groups excluding carboxylic acids is 2. The fraction of sp³-hybridized carbons (Fsp3) is 0.550. The molecule has 3 saturated heterocycles. The number of imide groups is 1. The second-order valence-electron chi connectivity index (χ2n) is 9.54. The number of hydrogen-bond acceptors (Lipinski definition) is 16. The largest absolute Gasteiger partial charge is 0.756 e. The molecule has 3 N–H and O–H groups in total. The molecule has 18 nitrogen and oxygen atoms in total. The smallest absolute Gasteiger partial charge is 0.268 e. The first-order valence-corrected chi connectivity index (χ1v) is 15.1. The summed E-state index contributed by atoms with van der Waals surface area (Å²) in [6, 6.07) is 0. The van der Waals surface area contributed by atoms with Gasteiger partial charge in [-0.15, -0.1) is 0 Å². The summed E-state index contributed by atoms with van der Waals surface area (Å²) in [7, 11) is -10.8. The maximum atomic E-state index is 15.7. The predicted octanol–water partition coefficient (Wildman–Crippen LogP) is -1.67. The van der Waals surface area contributed by atoms with E-state index in [1.807, 2.05) is 5.32 Å². The molecule has 42 heavy (non-hydrogen) atoms. The normalized spacial score (nSPS) is 42.9. The summed E-state index contributed by atoms with van der Waals surface area (Å²) in [4.78, 5) is 60.8. The van der Waals surface area contributed by atoms with Crippen molar-refractivity contribution in [3.05, 3.63) is 24.8 Å². The molecule has 4 aliphatic rings. The van der Waals surface area contributed by atoms with E-state index < -0.39 is 95.7 Å². The van der Waals surface area contributed by atoms with Gasteiger partial charge in [0.05, 0.1) is 25.5 Å². The Kier molecular flexibility index (Phi) is 7.50. The summed E-state index contributed by atoms with van der Waals surface area (Å²) in [6.45, 7) is -2.08. The van der Waals surface area contributed by atoms with Crippen LogP contribution in [-0.2, 0) is 46.3 Å². The number of ether oxygens (including phenoxy) is 2. The molecule has 0 spiro atoms. The van der Waals surface area contributed by atoms with E-state index in [2.05, 4.69) is 15.0 Å². The molecular weight excluding hydrogens is 616 g/mol. The number of imidazole rings is 1. The maximum Gasteiger partial charge on any atom is 0.268 e. The topological polar surface area (TPSA) is 251 Å². The van der Waals surface area contributed by atoms with Crippen LogP contribution in [0.2, 0.25) is 0 Å². The molecule has 2 aromatic rings. The summed E-state index contributed by atoms with van der Waals surface area (Å²) in [6.07, 6.45) is -11.2. The molecular formula is C20H20F2N6O12P2-2.